The van der Waals surface area contributed by atoms with E-state index in [0.717, 1.165) is 24.7 Å². The van der Waals surface area contributed by atoms with E-state index in [2.05, 4.69) is 17.9 Å². The molecule has 0 fully saturated rings. The van der Waals surface area contributed by atoms with Gasteiger partial charge in [0, 0.05) is 11.6 Å². The average Bonchev–Trinajstić information content (AvgIpc) is 2.86. The standard InChI is InChI=1S/C28H21F3O5/c1-4-26(32)35-16-15-34-22-10-7-20(8-11-22)24-14-9-21(17-25(24)28(29,30)31)19-5-12-23(13-6-19)36-27(33)18(2)3/h4-17H,1-2H2,3H3/b16-15-. The smallest absolute Gasteiger partial charge is 0.417 e. The highest BCUT2D eigenvalue weighted by Gasteiger charge is 2.34. The zero-order valence-electron chi connectivity index (χ0n) is 19.2. The van der Waals surface area contributed by atoms with Crippen LogP contribution in [-0.2, 0) is 20.5 Å². The van der Waals surface area contributed by atoms with Crippen LogP contribution in [0.2, 0.25) is 0 Å². The van der Waals surface area contributed by atoms with E-state index in [1.165, 1.54) is 49.4 Å². The molecule has 0 atom stereocenters. The molecule has 0 saturated carbocycles. The Bertz CT molecular complexity index is 1300. The van der Waals surface area contributed by atoms with Crippen LogP contribution in [0.5, 0.6) is 11.5 Å². The first kappa shape index (κ1) is 26.0. The molecule has 0 unspecified atom stereocenters. The number of ether oxygens (including phenoxy) is 3. The zero-order valence-corrected chi connectivity index (χ0v) is 19.2. The van der Waals surface area contributed by atoms with Gasteiger partial charge in [0.25, 0.3) is 0 Å². The summed E-state index contributed by atoms with van der Waals surface area (Å²) < 4.78 is 56.8. The summed E-state index contributed by atoms with van der Waals surface area (Å²) in [6.07, 6.45) is -1.47. The third-order valence-electron chi connectivity index (χ3n) is 4.85. The first-order valence-electron chi connectivity index (χ1n) is 10.5. The molecule has 5 nitrogen and oxygen atoms in total. The SMILES string of the molecule is C=CC(=O)O/C=C\Oc1ccc(-c2ccc(-c3ccc(OC(=O)C(=C)C)cc3)cc2C(F)(F)F)cc1. The van der Waals surface area contributed by atoms with E-state index in [1.54, 1.807) is 18.2 Å². The molecule has 36 heavy (non-hydrogen) atoms. The fourth-order valence-electron chi connectivity index (χ4n) is 3.08. The maximum atomic E-state index is 13.9. The number of rotatable bonds is 8. The molecule has 184 valence electrons. The minimum absolute atomic E-state index is 0.000244. The third kappa shape index (κ3) is 6.73. The van der Waals surface area contributed by atoms with E-state index in [9.17, 15) is 22.8 Å². The Hall–Kier alpha value is -4.59. The highest BCUT2D eigenvalue weighted by molar-refractivity contribution is 5.88. The monoisotopic (exact) mass is 494 g/mol. The molecule has 0 heterocycles. The molecule has 0 N–H and O–H groups in total. The lowest BCUT2D eigenvalue weighted by Gasteiger charge is -2.15. The highest BCUT2D eigenvalue weighted by atomic mass is 19.4. The van der Waals surface area contributed by atoms with Crippen LogP contribution in [0.4, 0.5) is 13.2 Å². The van der Waals surface area contributed by atoms with Crippen molar-refractivity contribution in [2.75, 3.05) is 0 Å². The number of hydrogen-bond donors (Lipinski definition) is 0. The predicted molar refractivity (Wildman–Crippen MR) is 129 cm³/mol. The molecule has 3 aromatic carbocycles. The Balaban J connectivity index is 1.83. The van der Waals surface area contributed by atoms with E-state index in [1.807, 2.05) is 0 Å². The van der Waals surface area contributed by atoms with Gasteiger partial charge in [0.2, 0.25) is 0 Å². The van der Waals surface area contributed by atoms with Crippen molar-refractivity contribution < 1.29 is 37.0 Å². The van der Waals surface area contributed by atoms with Gasteiger partial charge >= 0.3 is 18.1 Å². The van der Waals surface area contributed by atoms with Crippen molar-refractivity contribution in [2.24, 2.45) is 0 Å². The second-order valence-electron chi connectivity index (χ2n) is 7.51. The van der Waals surface area contributed by atoms with Crippen LogP contribution in [0.15, 0.2) is 104 Å². The summed E-state index contributed by atoms with van der Waals surface area (Å²) in [6.45, 7) is 8.27. The maximum Gasteiger partial charge on any atom is 0.417 e. The van der Waals surface area contributed by atoms with Crippen LogP contribution < -0.4 is 9.47 Å². The van der Waals surface area contributed by atoms with Gasteiger partial charge in [0.15, 0.2) is 0 Å². The molecule has 8 heteroatoms. The summed E-state index contributed by atoms with van der Waals surface area (Å²) in [5.41, 5.74) is 0.640. The third-order valence-corrected chi connectivity index (χ3v) is 4.85. The molecular formula is C28H21F3O5. The summed E-state index contributed by atoms with van der Waals surface area (Å²) in [5.74, 6) is -0.650. The fourth-order valence-corrected chi connectivity index (χ4v) is 3.08. The number of halogens is 3. The molecule has 0 aromatic heterocycles. The van der Waals surface area contributed by atoms with E-state index in [0.29, 0.717) is 22.4 Å². The molecular weight excluding hydrogens is 473 g/mol. The topological polar surface area (TPSA) is 61.8 Å². The minimum atomic E-state index is -4.60. The second-order valence-corrected chi connectivity index (χ2v) is 7.51. The van der Waals surface area contributed by atoms with E-state index in [4.69, 9.17) is 9.47 Å². The van der Waals surface area contributed by atoms with Gasteiger partial charge in [-0.3, -0.25) is 0 Å². The highest BCUT2D eigenvalue weighted by Crippen LogP contribution is 2.40. The summed E-state index contributed by atoms with van der Waals surface area (Å²) >= 11 is 0. The second kappa shape index (κ2) is 11.2. The molecule has 0 aliphatic heterocycles. The number of benzene rings is 3. The van der Waals surface area contributed by atoms with Crippen LogP contribution in [0, 0.1) is 0 Å². The predicted octanol–water partition coefficient (Wildman–Crippen LogP) is 7.10. The van der Waals surface area contributed by atoms with E-state index >= 15 is 0 Å². The molecule has 0 aliphatic rings. The van der Waals surface area contributed by atoms with Gasteiger partial charge in [0.1, 0.15) is 24.0 Å². The molecule has 0 aliphatic carbocycles. The van der Waals surface area contributed by atoms with Crippen molar-refractivity contribution >= 4 is 11.9 Å². The van der Waals surface area contributed by atoms with Gasteiger partial charge in [-0.15, -0.1) is 0 Å². The molecule has 3 rings (SSSR count). The Morgan fingerprint density at radius 2 is 1.42 bits per heavy atom. The Morgan fingerprint density at radius 3 is 2.00 bits per heavy atom. The summed E-state index contributed by atoms with van der Waals surface area (Å²) in [6, 6.07) is 16.2. The molecule has 0 amide bonds. The van der Waals surface area contributed by atoms with Gasteiger partial charge in [-0.05, 0) is 59.5 Å². The first-order chi connectivity index (χ1) is 17.1. The number of carbonyl (C=O) groups excluding carboxylic acids is 2. The quantitative estimate of drug-likeness (QED) is 0.145. The van der Waals surface area contributed by atoms with Crippen LogP contribution >= 0.6 is 0 Å². The van der Waals surface area contributed by atoms with Gasteiger partial charge < -0.3 is 14.2 Å². The molecule has 3 aromatic rings. The van der Waals surface area contributed by atoms with Gasteiger partial charge in [-0.1, -0.05) is 49.6 Å². The van der Waals surface area contributed by atoms with Crippen molar-refractivity contribution in [2.45, 2.75) is 13.1 Å². The van der Waals surface area contributed by atoms with Gasteiger partial charge in [-0.2, -0.15) is 13.2 Å². The largest absolute Gasteiger partial charge is 0.462 e. The van der Waals surface area contributed by atoms with Crippen LogP contribution in [-0.4, -0.2) is 11.9 Å². The first-order valence-corrected chi connectivity index (χ1v) is 10.5. The maximum absolute atomic E-state index is 13.9. The molecule has 0 bridgehead atoms. The van der Waals surface area contributed by atoms with E-state index < -0.39 is 23.7 Å². The van der Waals surface area contributed by atoms with Crippen molar-refractivity contribution in [1.29, 1.82) is 0 Å². The van der Waals surface area contributed by atoms with E-state index in [-0.39, 0.29) is 16.9 Å². The summed E-state index contributed by atoms with van der Waals surface area (Å²) in [5, 5.41) is 0. The normalized spacial score (nSPS) is 11.1. The van der Waals surface area contributed by atoms with Crippen molar-refractivity contribution in [3.8, 4) is 33.8 Å². The van der Waals surface area contributed by atoms with Crippen LogP contribution in [0.1, 0.15) is 12.5 Å². The number of esters is 2. The molecule has 0 radical (unpaired) electrons. The van der Waals surface area contributed by atoms with Gasteiger partial charge in [-0.25, -0.2) is 9.59 Å². The molecule has 0 saturated heterocycles. The lowest BCUT2D eigenvalue weighted by molar-refractivity contribution is -0.137. The fraction of sp³-hybridized carbons (Fsp3) is 0.0714. The zero-order chi connectivity index (χ0) is 26.3. The minimum Gasteiger partial charge on any atom is -0.462 e. The van der Waals surface area contributed by atoms with Crippen LogP contribution in [0.25, 0.3) is 22.3 Å². The van der Waals surface area contributed by atoms with Crippen LogP contribution in [0.3, 0.4) is 0 Å². The summed E-state index contributed by atoms with van der Waals surface area (Å²) in [7, 11) is 0. The van der Waals surface area contributed by atoms with Crippen molar-refractivity contribution in [3.63, 3.8) is 0 Å². The number of hydrogen-bond acceptors (Lipinski definition) is 5. The number of carbonyl (C=O) groups is 2. The lowest BCUT2D eigenvalue weighted by atomic mass is 9.94. The Labute approximate surface area is 205 Å². The van der Waals surface area contributed by atoms with Gasteiger partial charge in [0.05, 0.1) is 5.56 Å². The summed E-state index contributed by atoms with van der Waals surface area (Å²) in [4.78, 5) is 22.6. The number of alkyl halides is 3. The Kier molecular flexibility index (Phi) is 8.11. The Morgan fingerprint density at radius 1 is 0.833 bits per heavy atom. The van der Waals surface area contributed by atoms with Crippen molar-refractivity contribution in [1.82, 2.24) is 0 Å². The van der Waals surface area contributed by atoms with Crippen molar-refractivity contribution in [3.05, 3.63) is 110 Å². The lowest BCUT2D eigenvalue weighted by Crippen LogP contribution is -2.08. The average molecular weight is 494 g/mol. The molecule has 0 spiro atoms.